The Morgan fingerprint density at radius 2 is 2.13 bits per heavy atom. The number of rotatable bonds is 7. The van der Waals surface area contributed by atoms with Gasteiger partial charge in [0.15, 0.2) is 5.96 Å². The van der Waals surface area contributed by atoms with E-state index in [2.05, 4.69) is 15.6 Å². The van der Waals surface area contributed by atoms with Crippen LogP contribution in [0.15, 0.2) is 22.5 Å². The van der Waals surface area contributed by atoms with Gasteiger partial charge in [-0.05, 0) is 18.4 Å². The Balaban J connectivity index is 1.82. The van der Waals surface area contributed by atoms with Crippen LogP contribution >= 0.6 is 23.1 Å². The number of nitrogens with zero attached hydrogens (tertiary/aromatic N) is 2. The fraction of sp³-hybridized carbons (Fsp3) is 0.643. The van der Waals surface area contributed by atoms with Crippen LogP contribution in [0.4, 0.5) is 0 Å². The van der Waals surface area contributed by atoms with Gasteiger partial charge in [0.05, 0.1) is 12.3 Å². The first kappa shape index (κ1) is 18.6. The molecular formula is C14H24N4O2S3. The molecule has 0 aliphatic carbocycles. The van der Waals surface area contributed by atoms with Gasteiger partial charge in [0.25, 0.3) is 0 Å². The SMILES string of the molecule is CCNC(=NCc1cccs1)NCCS(=O)(=O)N1CCSCC1. The third-order valence-electron chi connectivity index (χ3n) is 3.33. The van der Waals surface area contributed by atoms with Crippen LogP contribution in [0.25, 0.3) is 0 Å². The van der Waals surface area contributed by atoms with E-state index in [4.69, 9.17) is 0 Å². The minimum absolute atomic E-state index is 0.0983. The quantitative estimate of drug-likeness (QED) is 0.552. The summed E-state index contributed by atoms with van der Waals surface area (Å²) in [5.41, 5.74) is 0. The van der Waals surface area contributed by atoms with Gasteiger partial charge < -0.3 is 10.6 Å². The number of hydrogen-bond donors (Lipinski definition) is 2. The summed E-state index contributed by atoms with van der Waals surface area (Å²) in [7, 11) is -3.18. The Hall–Kier alpha value is -0.770. The second-order valence-corrected chi connectivity index (χ2v) is 9.37. The molecule has 0 saturated carbocycles. The lowest BCUT2D eigenvalue weighted by molar-refractivity contribution is 0.443. The van der Waals surface area contributed by atoms with Crippen molar-refractivity contribution in [2.45, 2.75) is 13.5 Å². The van der Waals surface area contributed by atoms with Crippen molar-refractivity contribution in [2.75, 3.05) is 43.4 Å². The molecule has 6 nitrogen and oxygen atoms in total. The number of thiophene rings is 1. The van der Waals surface area contributed by atoms with Crippen molar-refractivity contribution in [3.05, 3.63) is 22.4 Å². The van der Waals surface area contributed by atoms with E-state index in [-0.39, 0.29) is 5.75 Å². The van der Waals surface area contributed by atoms with Gasteiger partial charge in [0.2, 0.25) is 10.0 Å². The first-order valence-electron chi connectivity index (χ1n) is 7.72. The highest BCUT2D eigenvalue weighted by Crippen LogP contribution is 2.13. The number of nitrogens with one attached hydrogen (secondary N) is 2. The lowest BCUT2D eigenvalue weighted by Crippen LogP contribution is -2.44. The number of thioether (sulfide) groups is 1. The fourth-order valence-corrected chi connectivity index (χ4v) is 5.27. The van der Waals surface area contributed by atoms with E-state index in [1.165, 1.54) is 4.88 Å². The van der Waals surface area contributed by atoms with Gasteiger partial charge in [-0.15, -0.1) is 11.3 Å². The summed E-state index contributed by atoms with van der Waals surface area (Å²) >= 11 is 3.47. The molecule has 1 aromatic rings. The van der Waals surface area contributed by atoms with Crippen LogP contribution in [0.2, 0.25) is 0 Å². The van der Waals surface area contributed by atoms with E-state index in [1.54, 1.807) is 27.4 Å². The van der Waals surface area contributed by atoms with Gasteiger partial charge in [-0.1, -0.05) is 6.07 Å². The van der Waals surface area contributed by atoms with Crippen LogP contribution < -0.4 is 10.6 Å². The van der Waals surface area contributed by atoms with Crippen molar-refractivity contribution in [3.63, 3.8) is 0 Å². The zero-order valence-electron chi connectivity index (χ0n) is 13.3. The third kappa shape index (κ3) is 6.33. The standard InChI is InChI=1S/C14H24N4O2S3/c1-2-15-14(17-12-13-4-3-8-22-13)16-5-11-23(19,20)18-6-9-21-10-7-18/h3-4,8H,2,5-7,9-12H2,1H3,(H2,15,16,17). The predicted molar refractivity (Wildman–Crippen MR) is 99.8 cm³/mol. The third-order valence-corrected chi connectivity index (χ3v) is 7.01. The van der Waals surface area contributed by atoms with Crippen LogP contribution in [0.1, 0.15) is 11.8 Å². The molecule has 0 bridgehead atoms. The van der Waals surface area contributed by atoms with E-state index >= 15 is 0 Å². The van der Waals surface area contributed by atoms with Crippen molar-refractivity contribution in [2.24, 2.45) is 4.99 Å². The molecule has 1 aliphatic rings. The molecule has 23 heavy (non-hydrogen) atoms. The molecule has 0 unspecified atom stereocenters. The summed E-state index contributed by atoms with van der Waals surface area (Å²) in [6.07, 6.45) is 0. The van der Waals surface area contributed by atoms with E-state index in [1.807, 2.05) is 24.4 Å². The molecule has 1 aliphatic heterocycles. The second-order valence-electron chi connectivity index (χ2n) is 5.03. The zero-order valence-corrected chi connectivity index (χ0v) is 15.8. The molecular weight excluding hydrogens is 352 g/mol. The summed E-state index contributed by atoms with van der Waals surface area (Å²) in [5.74, 6) is 2.53. The maximum Gasteiger partial charge on any atom is 0.215 e. The maximum absolute atomic E-state index is 12.3. The average Bonchev–Trinajstić information content (AvgIpc) is 3.07. The van der Waals surface area contributed by atoms with Crippen molar-refractivity contribution >= 4 is 39.1 Å². The summed E-state index contributed by atoms with van der Waals surface area (Å²) in [4.78, 5) is 5.66. The molecule has 1 saturated heterocycles. The largest absolute Gasteiger partial charge is 0.357 e. The molecule has 0 spiro atoms. The van der Waals surface area contributed by atoms with Crippen molar-refractivity contribution in [1.82, 2.24) is 14.9 Å². The Kier molecular flexibility index (Phi) is 7.68. The number of sulfonamides is 1. The first-order chi connectivity index (χ1) is 11.1. The van der Waals surface area contributed by atoms with E-state index < -0.39 is 10.0 Å². The summed E-state index contributed by atoms with van der Waals surface area (Å²) in [5, 5.41) is 8.28. The number of guanidine groups is 1. The molecule has 130 valence electrons. The Morgan fingerprint density at radius 3 is 2.78 bits per heavy atom. The summed E-state index contributed by atoms with van der Waals surface area (Å²) in [6.45, 7) is 4.95. The molecule has 2 heterocycles. The lowest BCUT2D eigenvalue weighted by atomic mass is 10.5. The smallest absolute Gasteiger partial charge is 0.215 e. The molecule has 0 atom stereocenters. The van der Waals surface area contributed by atoms with E-state index in [0.717, 1.165) is 18.1 Å². The van der Waals surface area contributed by atoms with Gasteiger partial charge in [0.1, 0.15) is 0 Å². The number of hydrogen-bond acceptors (Lipinski definition) is 5. The monoisotopic (exact) mass is 376 g/mol. The zero-order chi connectivity index (χ0) is 16.5. The lowest BCUT2D eigenvalue weighted by Gasteiger charge is -2.25. The van der Waals surface area contributed by atoms with Crippen LogP contribution in [-0.4, -0.2) is 62.1 Å². The Morgan fingerprint density at radius 1 is 1.35 bits per heavy atom. The molecule has 1 aromatic heterocycles. The summed E-state index contributed by atoms with van der Waals surface area (Å²) < 4.78 is 26.2. The molecule has 9 heteroatoms. The highest BCUT2D eigenvalue weighted by molar-refractivity contribution is 7.99. The van der Waals surface area contributed by atoms with E-state index in [0.29, 0.717) is 32.1 Å². The second kappa shape index (κ2) is 9.51. The van der Waals surface area contributed by atoms with Crippen LogP contribution in [0, 0.1) is 0 Å². The first-order valence-corrected chi connectivity index (χ1v) is 11.4. The van der Waals surface area contributed by atoms with Crippen LogP contribution in [-0.2, 0) is 16.6 Å². The highest BCUT2D eigenvalue weighted by atomic mass is 32.2. The van der Waals surface area contributed by atoms with Gasteiger partial charge in [-0.25, -0.2) is 17.7 Å². The topological polar surface area (TPSA) is 73.8 Å². The van der Waals surface area contributed by atoms with Gasteiger partial charge in [-0.2, -0.15) is 11.8 Å². The van der Waals surface area contributed by atoms with Crippen molar-refractivity contribution in [1.29, 1.82) is 0 Å². The van der Waals surface area contributed by atoms with Gasteiger partial charge >= 0.3 is 0 Å². The Labute approximate surface area is 146 Å². The molecule has 0 aromatic carbocycles. The summed E-state index contributed by atoms with van der Waals surface area (Å²) in [6, 6.07) is 4.04. The minimum Gasteiger partial charge on any atom is -0.357 e. The maximum atomic E-state index is 12.3. The normalized spacial score (nSPS) is 17.2. The number of aliphatic imine (C=N–C) groups is 1. The van der Waals surface area contributed by atoms with E-state index in [9.17, 15) is 8.42 Å². The average molecular weight is 377 g/mol. The molecule has 2 N–H and O–H groups in total. The molecule has 0 amide bonds. The molecule has 2 rings (SSSR count). The van der Waals surface area contributed by atoms with Crippen molar-refractivity contribution < 1.29 is 8.42 Å². The van der Waals surface area contributed by atoms with Gasteiger partial charge in [0, 0.05) is 42.6 Å². The molecule has 0 radical (unpaired) electrons. The predicted octanol–water partition coefficient (Wildman–Crippen LogP) is 1.18. The van der Waals surface area contributed by atoms with Crippen molar-refractivity contribution in [3.8, 4) is 0 Å². The van der Waals surface area contributed by atoms with Crippen LogP contribution in [0.5, 0.6) is 0 Å². The highest BCUT2D eigenvalue weighted by Gasteiger charge is 2.23. The Bertz CT molecular complexity index is 581. The molecule has 1 fully saturated rings. The van der Waals surface area contributed by atoms with Gasteiger partial charge in [-0.3, -0.25) is 0 Å². The fourth-order valence-electron chi connectivity index (χ4n) is 2.15. The minimum atomic E-state index is -3.18. The van der Waals surface area contributed by atoms with Crippen LogP contribution in [0.3, 0.4) is 0 Å².